The summed E-state index contributed by atoms with van der Waals surface area (Å²) in [6.45, 7) is 4.32. The van der Waals surface area contributed by atoms with Gasteiger partial charge in [0.25, 0.3) is 11.8 Å². The third kappa shape index (κ3) is 5.09. The lowest BCUT2D eigenvalue weighted by molar-refractivity contribution is 0.0303. The number of ether oxygens (including phenoxy) is 1. The highest BCUT2D eigenvalue weighted by Crippen LogP contribution is 2.24. The van der Waals surface area contributed by atoms with Crippen LogP contribution in [-0.4, -0.2) is 66.1 Å². The molecule has 5 rings (SSSR count). The van der Waals surface area contributed by atoms with Crippen LogP contribution in [0.1, 0.15) is 33.7 Å². The van der Waals surface area contributed by atoms with Gasteiger partial charge < -0.3 is 25.6 Å². The molecule has 0 unspecified atom stereocenters. The molecule has 2 aromatic carbocycles. The average Bonchev–Trinajstić information content (AvgIpc) is 3.45. The molecule has 0 radical (unpaired) electrons. The van der Waals surface area contributed by atoms with Gasteiger partial charge in [-0.25, -0.2) is 9.97 Å². The fraction of sp³-hybridized carbons (Fsp3) is 0.308. The quantitative estimate of drug-likeness (QED) is 0.587. The Bertz CT molecular complexity index is 1220. The minimum absolute atomic E-state index is 0.0380. The molecule has 3 heterocycles. The van der Waals surface area contributed by atoms with Crippen molar-refractivity contribution in [3.63, 3.8) is 0 Å². The lowest BCUT2D eigenvalue weighted by Gasteiger charge is -2.27. The van der Waals surface area contributed by atoms with Crippen molar-refractivity contribution in [3.05, 3.63) is 66.0 Å². The first kappa shape index (κ1) is 22.8. The summed E-state index contributed by atoms with van der Waals surface area (Å²) < 4.78 is 5.33. The molecule has 1 aromatic heterocycles. The van der Waals surface area contributed by atoms with Crippen molar-refractivity contribution in [2.24, 2.45) is 0 Å². The number of nitrogen functional groups attached to an aromatic ring is 1. The largest absolute Gasteiger partial charge is 0.382 e. The number of amides is 2. The molecular formula is C26H28N6O3. The van der Waals surface area contributed by atoms with Crippen LogP contribution in [0.15, 0.2) is 54.7 Å². The second-order valence-electron chi connectivity index (χ2n) is 8.67. The van der Waals surface area contributed by atoms with Crippen LogP contribution in [0.5, 0.6) is 0 Å². The Kier molecular flexibility index (Phi) is 6.58. The van der Waals surface area contributed by atoms with E-state index in [4.69, 9.17) is 10.5 Å². The van der Waals surface area contributed by atoms with E-state index in [1.54, 1.807) is 23.1 Å². The molecule has 0 spiro atoms. The molecule has 35 heavy (non-hydrogen) atoms. The van der Waals surface area contributed by atoms with Gasteiger partial charge in [-0.15, -0.1) is 0 Å². The van der Waals surface area contributed by atoms with Crippen LogP contribution in [0.25, 0.3) is 11.3 Å². The summed E-state index contributed by atoms with van der Waals surface area (Å²) in [5, 5.41) is 2.86. The summed E-state index contributed by atoms with van der Waals surface area (Å²) in [5.74, 6) is -0.458. The minimum Gasteiger partial charge on any atom is -0.382 e. The lowest BCUT2D eigenvalue weighted by Crippen LogP contribution is -2.40. The maximum atomic E-state index is 13.0. The summed E-state index contributed by atoms with van der Waals surface area (Å²) in [6.07, 6.45) is 3.92. The monoisotopic (exact) mass is 472 g/mol. The van der Waals surface area contributed by atoms with Crippen LogP contribution in [-0.2, 0) is 4.74 Å². The van der Waals surface area contributed by atoms with E-state index in [1.165, 1.54) is 19.0 Å². The average molecular weight is 473 g/mol. The van der Waals surface area contributed by atoms with Gasteiger partial charge in [0.05, 0.1) is 25.1 Å². The molecule has 2 fully saturated rings. The standard InChI is InChI=1S/C26H28N6O3/c27-24-23(25(33)29-20-6-8-21(9-7-20)31-10-1-2-11-31)30-22(17-28-24)18-4-3-5-19(16-18)26(34)32-12-14-35-15-13-32/h3-9,16-17H,1-2,10-15H2,(H2,27,28)(H,29,33). The molecule has 3 aromatic rings. The van der Waals surface area contributed by atoms with E-state index in [1.807, 2.05) is 30.3 Å². The minimum atomic E-state index is -0.439. The zero-order valence-electron chi connectivity index (χ0n) is 19.4. The summed E-state index contributed by atoms with van der Waals surface area (Å²) in [4.78, 5) is 38.6. The van der Waals surface area contributed by atoms with Crippen LogP contribution in [0.2, 0.25) is 0 Å². The Labute approximate surface area is 203 Å². The Morgan fingerprint density at radius 2 is 1.71 bits per heavy atom. The Hall–Kier alpha value is -3.98. The molecule has 3 N–H and O–H groups in total. The summed E-state index contributed by atoms with van der Waals surface area (Å²) in [7, 11) is 0. The number of anilines is 3. The first-order valence-corrected chi connectivity index (χ1v) is 11.8. The first-order chi connectivity index (χ1) is 17.1. The summed E-state index contributed by atoms with van der Waals surface area (Å²) in [6, 6.07) is 14.9. The zero-order valence-corrected chi connectivity index (χ0v) is 19.4. The molecule has 2 aliphatic rings. The molecular weight excluding hydrogens is 444 g/mol. The number of hydrogen-bond acceptors (Lipinski definition) is 7. The molecule has 0 aliphatic carbocycles. The van der Waals surface area contributed by atoms with Crippen molar-refractivity contribution >= 4 is 29.0 Å². The van der Waals surface area contributed by atoms with Crippen molar-refractivity contribution < 1.29 is 14.3 Å². The van der Waals surface area contributed by atoms with Gasteiger partial charge in [0, 0.05) is 48.7 Å². The number of nitrogens with two attached hydrogens (primary N) is 1. The third-order valence-corrected chi connectivity index (χ3v) is 6.32. The number of hydrogen-bond donors (Lipinski definition) is 2. The SMILES string of the molecule is Nc1ncc(-c2cccc(C(=O)N3CCOCC3)c2)nc1C(=O)Nc1ccc(N2CCCC2)cc1. The number of nitrogens with one attached hydrogen (secondary N) is 1. The molecule has 180 valence electrons. The zero-order chi connectivity index (χ0) is 24.2. The van der Waals surface area contributed by atoms with Crippen LogP contribution >= 0.6 is 0 Å². The molecule has 0 atom stereocenters. The highest BCUT2D eigenvalue weighted by Gasteiger charge is 2.20. The number of carbonyl (C=O) groups is 2. The van der Waals surface area contributed by atoms with Crippen molar-refractivity contribution in [2.45, 2.75) is 12.8 Å². The van der Waals surface area contributed by atoms with E-state index in [0.717, 1.165) is 18.8 Å². The molecule has 0 saturated carbocycles. The number of carbonyl (C=O) groups excluding carboxylic acids is 2. The Morgan fingerprint density at radius 1 is 0.971 bits per heavy atom. The smallest absolute Gasteiger partial charge is 0.278 e. The van der Waals surface area contributed by atoms with E-state index >= 15 is 0 Å². The number of aromatic nitrogens is 2. The van der Waals surface area contributed by atoms with E-state index in [9.17, 15) is 9.59 Å². The van der Waals surface area contributed by atoms with Crippen molar-refractivity contribution in [1.82, 2.24) is 14.9 Å². The predicted molar refractivity (Wildman–Crippen MR) is 134 cm³/mol. The third-order valence-electron chi connectivity index (χ3n) is 6.32. The summed E-state index contributed by atoms with van der Waals surface area (Å²) >= 11 is 0. The maximum Gasteiger partial charge on any atom is 0.278 e. The molecule has 9 heteroatoms. The molecule has 0 bridgehead atoms. The maximum absolute atomic E-state index is 13.0. The van der Waals surface area contributed by atoms with E-state index in [2.05, 4.69) is 20.2 Å². The van der Waals surface area contributed by atoms with Gasteiger partial charge in [-0.05, 0) is 49.2 Å². The van der Waals surface area contributed by atoms with Gasteiger partial charge in [0.15, 0.2) is 11.5 Å². The van der Waals surface area contributed by atoms with E-state index in [0.29, 0.717) is 48.8 Å². The second kappa shape index (κ2) is 10.1. The van der Waals surface area contributed by atoms with Crippen molar-refractivity contribution in [3.8, 4) is 11.3 Å². The van der Waals surface area contributed by atoms with Gasteiger partial charge in [0.2, 0.25) is 0 Å². The van der Waals surface area contributed by atoms with Gasteiger partial charge in [0.1, 0.15) is 0 Å². The highest BCUT2D eigenvalue weighted by molar-refractivity contribution is 6.06. The van der Waals surface area contributed by atoms with Gasteiger partial charge in [-0.1, -0.05) is 12.1 Å². The number of rotatable bonds is 5. The van der Waals surface area contributed by atoms with Crippen LogP contribution < -0.4 is 16.0 Å². The van der Waals surface area contributed by atoms with Crippen molar-refractivity contribution in [2.75, 3.05) is 55.3 Å². The van der Waals surface area contributed by atoms with Crippen LogP contribution in [0, 0.1) is 0 Å². The van der Waals surface area contributed by atoms with Gasteiger partial charge in [-0.2, -0.15) is 0 Å². The molecule has 2 aliphatic heterocycles. The van der Waals surface area contributed by atoms with E-state index in [-0.39, 0.29) is 17.4 Å². The topological polar surface area (TPSA) is 114 Å². The van der Waals surface area contributed by atoms with E-state index < -0.39 is 5.91 Å². The summed E-state index contributed by atoms with van der Waals surface area (Å²) in [5.41, 5.74) is 9.52. The number of nitrogens with zero attached hydrogens (tertiary/aromatic N) is 4. The fourth-order valence-electron chi connectivity index (χ4n) is 4.39. The Balaban J connectivity index is 1.33. The number of benzene rings is 2. The van der Waals surface area contributed by atoms with Crippen molar-refractivity contribution in [1.29, 1.82) is 0 Å². The molecule has 2 amide bonds. The predicted octanol–water partition coefficient (Wildman–Crippen LogP) is 3.05. The van der Waals surface area contributed by atoms with Gasteiger partial charge >= 0.3 is 0 Å². The molecule has 2 saturated heterocycles. The van der Waals surface area contributed by atoms with Crippen LogP contribution in [0.4, 0.5) is 17.2 Å². The second-order valence-corrected chi connectivity index (χ2v) is 8.67. The molecule has 9 nitrogen and oxygen atoms in total. The van der Waals surface area contributed by atoms with Gasteiger partial charge in [-0.3, -0.25) is 9.59 Å². The number of morpholine rings is 1. The highest BCUT2D eigenvalue weighted by atomic mass is 16.5. The lowest BCUT2D eigenvalue weighted by atomic mass is 10.1. The normalized spacial score (nSPS) is 15.8. The first-order valence-electron chi connectivity index (χ1n) is 11.8. The van der Waals surface area contributed by atoms with Crippen LogP contribution in [0.3, 0.4) is 0 Å². The Morgan fingerprint density at radius 3 is 2.46 bits per heavy atom. The fourth-order valence-corrected chi connectivity index (χ4v) is 4.39.